The van der Waals surface area contributed by atoms with E-state index in [2.05, 4.69) is 6.92 Å². The number of nitrogens with zero attached hydrogens (tertiary/aromatic N) is 2. The molecule has 0 unspecified atom stereocenters. The first-order chi connectivity index (χ1) is 7.22. The van der Waals surface area contributed by atoms with Crippen LogP contribution in [0.1, 0.15) is 25.8 Å². The molecule has 0 amide bonds. The third-order valence-electron chi connectivity index (χ3n) is 2.29. The van der Waals surface area contributed by atoms with Crippen LogP contribution in [0, 0.1) is 17.1 Å². The normalized spacial score (nSPS) is 9.73. The summed E-state index contributed by atoms with van der Waals surface area (Å²) in [6.45, 7) is 5.66. The first-order valence-corrected chi connectivity index (χ1v) is 5.17. The summed E-state index contributed by atoms with van der Waals surface area (Å²) in [4.78, 5) is 1.97. The molecule has 0 atom stereocenters. The number of nitriles is 1. The number of hydrogen-bond donors (Lipinski definition) is 0. The molecular formula is C12H15FN2. The van der Waals surface area contributed by atoms with Crippen molar-refractivity contribution in [3.8, 4) is 6.07 Å². The van der Waals surface area contributed by atoms with Crippen molar-refractivity contribution >= 4 is 5.69 Å². The third kappa shape index (κ3) is 2.69. The molecule has 0 aliphatic rings. The van der Waals surface area contributed by atoms with Crippen LogP contribution in [0.2, 0.25) is 0 Å². The Morgan fingerprint density at radius 2 is 2.13 bits per heavy atom. The lowest BCUT2D eigenvalue weighted by molar-refractivity contribution is 0.616. The summed E-state index contributed by atoms with van der Waals surface area (Å²) in [5.74, 6) is -0.315. The summed E-state index contributed by atoms with van der Waals surface area (Å²) in [6, 6.07) is 6.53. The zero-order chi connectivity index (χ0) is 11.3. The number of anilines is 1. The number of rotatable bonds is 4. The molecule has 0 heterocycles. The zero-order valence-corrected chi connectivity index (χ0v) is 9.13. The lowest BCUT2D eigenvalue weighted by Crippen LogP contribution is -2.24. The lowest BCUT2D eigenvalue weighted by atomic mass is 10.2. The molecule has 0 aliphatic carbocycles. The number of benzene rings is 1. The smallest absolute Gasteiger partial charge is 0.147 e. The lowest BCUT2D eigenvalue weighted by Gasteiger charge is -2.22. The molecule has 1 rings (SSSR count). The summed E-state index contributed by atoms with van der Waals surface area (Å²) in [6.07, 6.45) is 0.979. The Labute approximate surface area is 89.9 Å². The third-order valence-corrected chi connectivity index (χ3v) is 2.29. The quantitative estimate of drug-likeness (QED) is 0.757. The van der Waals surface area contributed by atoms with Crippen LogP contribution in [0.5, 0.6) is 0 Å². The highest BCUT2D eigenvalue weighted by atomic mass is 19.1. The van der Waals surface area contributed by atoms with Crippen molar-refractivity contribution in [2.45, 2.75) is 20.3 Å². The highest BCUT2D eigenvalue weighted by Crippen LogP contribution is 2.20. The number of hydrogen-bond acceptors (Lipinski definition) is 2. The van der Waals surface area contributed by atoms with Crippen LogP contribution in [-0.2, 0) is 0 Å². The molecule has 0 radical (unpaired) electrons. The molecule has 1 aromatic rings. The molecule has 0 bridgehead atoms. The maximum atomic E-state index is 13.6. The Bertz CT molecular complexity index is 368. The van der Waals surface area contributed by atoms with Gasteiger partial charge in [0.05, 0.1) is 17.3 Å². The van der Waals surface area contributed by atoms with Crippen molar-refractivity contribution in [1.82, 2.24) is 0 Å². The SMILES string of the molecule is CCCN(CC)c1ccc(C#N)cc1F. The van der Waals surface area contributed by atoms with Crippen LogP contribution in [-0.4, -0.2) is 13.1 Å². The molecule has 3 heteroatoms. The molecule has 1 aromatic carbocycles. The second kappa shape index (κ2) is 5.35. The fraction of sp³-hybridized carbons (Fsp3) is 0.417. The van der Waals surface area contributed by atoms with Crippen molar-refractivity contribution in [2.75, 3.05) is 18.0 Å². The molecule has 0 aliphatic heterocycles. The summed E-state index contributed by atoms with van der Waals surface area (Å²) >= 11 is 0. The van der Waals surface area contributed by atoms with Crippen molar-refractivity contribution in [3.05, 3.63) is 29.6 Å². The second-order valence-corrected chi connectivity index (χ2v) is 3.36. The summed E-state index contributed by atoms with van der Waals surface area (Å²) in [7, 11) is 0. The first kappa shape index (κ1) is 11.5. The second-order valence-electron chi connectivity index (χ2n) is 3.36. The highest BCUT2D eigenvalue weighted by Gasteiger charge is 2.09. The first-order valence-electron chi connectivity index (χ1n) is 5.17. The summed E-state index contributed by atoms with van der Waals surface area (Å²) < 4.78 is 13.6. The van der Waals surface area contributed by atoms with Gasteiger partial charge in [0.15, 0.2) is 0 Å². The van der Waals surface area contributed by atoms with Gasteiger partial charge in [-0.15, -0.1) is 0 Å². The molecule has 0 aromatic heterocycles. The van der Waals surface area contributed by atoms with Gasteiger partial charge in [0, 0.05) is 13.1 Å². The Kier molecular flexibility index (Phi) is 4.11. The standard InChI is InChI=1S/C12H15FN2/c1-3-7-15(4-2)12-6-5-10(9-14)8-11(12)13/h5-6,8H,3-4,7H2,1-2H3. The predicted octanol–water partition coefficient (Wildman–Crippen LogP) is 2.93. The van der Waals surface area contributed by atoms with Gasteiger partial charge in [-0.05, 0) is 31.5 Å². The maximum absolute atomic E-state index is 13.6. The van der Waals surface area contributed by atoms with Crippen molar-refractivity contribution < 1.29 is 4.39 Å². The van der Waals surface area contributed by atoms with Gasteiger partial charge < -0.3 is 4.90 Å². The maximum Gasteiger partial charge on any atom is 0.147 e. The summed E-state index contributed by atoms with van der Waals surface area (Å²) in [5.41, 5.74) is 0.946. The van der Waals surface area contributed by atoms with Crippen LogP contribution in [0.3, 0.4) is 0 Å². The van der Waals surface area contributed by atoms with Crippen LogP contribution >= 0.6 is 0 Å². The van der Waals surface area contributed by atoms with Gasteiger partial charge in [-0.1, -0.05) is 6.92 Å². The van der Waals surface area contributed by atoms with Gasteiger partial charge in [-0.2, -0.15) is 5.26 Å². The Balaban J connectivity index is 2.98. The van der Waals surface area contributed by atoms with E-state index in [1.807, 2.05) is 17.9 Å². The average molecular weight is 206 g/mol. The molecule has 80 valence electrons. The van der Waals surface area contributed by atoms with Crippen molar-refractivity contribution in [3.63, 3.8) is 0 Å². The van der Waals surface area contributed by atoms with E-state index in [-0.39, 0.29) is 5.82 Å². The minimum atomic E-state index is -0.315. The topological polar surface area (TPSA) is 27.0 Å². The van der Waals surface area contributed by atoms with Gasteiger partial charge in [-0.3, -0.25) is 0 Å². The monoisotopic (exact) mass is 206 g/mol. The summed E-state index contributed by atoms with van der Waals surface area (Å²) in [5, 5.41) is 8.62. The fourth-order valence-corrected chi connectivity index (χ4v) is 1.55. The molecular weight excluding hydrogens is 191 g/mol. The molecule has 15 heavy (non-hydrogen) atoms. The predicted molar refractivity (Wildman–Crippen MR) is 59.3 cm³/mol. The van der Waals surface area contributed by atoms with Crippen LogP contribution in [0.4, 0.5) is 10.1 Å². The Hall–Kier alpha value is -1.56. The van der Waals surface area contributed by atoms with Gasteiger partial charge in [0.2, 0.25) is 0 Å². The van der Waals surface area contributed by atoms with E-state index < -0.39 is 0 Å². The molecule has 0 saturated heterocycles. The van der Waals surface area contributed by atoms with Gasteiger partial charge in [-0.25, -0.2) is 4.39 Å². The minimum absolute atomic E-state index is 0.315. The highest BCUT2D eigenvalue weighted by molar-refractivity contribution is 5.51. The fourth-order valence-electron chi connectivity index (χ4n) is 1.55. The van der Waals surface area contributed by atoms with Gasteiger partial charge >= 0.3 is 0 Å². The van der Waals surface area contributed by atoms with Gasteiger partial charge in [0.25, 0.3) is 0 Å². The Morgan fingerprint density at radius 1 is 1.40 bits per heavy atom. The van der Waals surface area contributed by atoms with E-state index >= 15 is 0 Å². The van der Waals surface area contributed by atoms with Gasteiger partial charge in [0.1, 0.15) is 5.82 Å². The molecule has 0 fully saturated rings. The van der Waals surface area contributed by atoms with Crippen LogP contribution in [0.25, 0.3) is 0 Å². The zero-order valence-electron chi connectivity index (χ0n) is 9.13. The number of halogens is 1. The average Bonchev–Trinajstić information content (AvgIpc) is 2.26. The molecule has 2 nitrogen and oxygen atoms in total. The van der Waals surface area contributed by atoms with Crippen molar-refractivity contribution in [1.29, 1.82) is 5.26 Å². The molecule has 0 saturated carbocycles. The minimum Gasteiger partial charge on any atom is -0.369 e. The van der Waals surface area contributed by atoms with E-state index in [1.54, 1.807) is 12.1 Å². The van der Waals surface area contributed by atoms with E-state index in [9.17, 15) is 4.39 Å². The van der Waals surface area contributed by atoms with Crippen LogP contribution < -0.4 is 4.90 Å². The Morgan fingerprint density at radius 3 is 2.60 bits per heavy atom. The van der Waals surface area contributed by atoms with E-state index in [0.29, 0.717) is 11.3 Å². The largest absolute Gasteiger partial charge is 0.369 e. The van der Waals surface area contributed by atoms with E-state index in [0.717, 1.165) is 19.5 Å². The van der Waals surface area contributed by atoms with Crippen molar-refractivity contribution in [2.24, 2.45) is 0 Å². The van der Waals surface area contributed by atoms with E-state index in [1.165, 1.54) is 6.07 Å². The van der Waals surface area contributed by atoms with Crippen LogP contribution in [0.15, 0.2) is 18.2 Å². The molecule has 0 spiro atoms. The molecule has 0 N–H and O–H groups in total. The van der Waals surface area contributed by atoms with E-state index in [4.69, 9.17) is 5.26 Å².